The molecule has 0 amide bonds. The van der Waals surface area contributed by atoms with Crippen LogP contribution in [0.3, 0.4) is 0 Å². The molecular formula is C18H20N2O. The first-order chi connectivity index (χ1) is 10.3. The zero-order valence-electron chi connectivity index (χ0n) is 12.5. The molecule has 0 radical (unpaired) electrons. The van der Waals surface area contributed by atoms with Crippen molar-refractivity contribution in [2.45, 2.75) is 26.3 Å². The summed E-state index contributed by atoms with van der Waals surface area (Å²) in [6.45, 7) is 5.08. The second kappa shape index (κ2) is 6.10. The number of nitrogens with one attached hydrogen (secondary N) is 1. The van der Waals surface area contributed by atoms with Crippen LogP contribution in [0.25, 0.3) is 10.8 Å². The predicted molar refractivity (Wildman–Crippen MR) is 85.3 cm³/mol. The Morgan fingerprint density at radius 2 is 1.95 bits per heavy atom. The third kappa shape index (κ3) is 2.69. The van der Waals surface area contributed by atoms with E-state index < -0.39 is 0 Å². The van der Waals surface area contributed by atoms with Crippen LogP contribution in [0.4, 0.5) is 0 Å². The molecule has 3 aromatic rings. The molecule has 0 saturated carbocycles. The summed E-state index contributed by atoms with van der Waals surface area (Å²) in [7, 11) is 0. The molecule has 21 heavy (non-hydrogen) atoms. The van der Waals surface area contributed by atoms with E-state index in [4.69, 9.17) is 4.42 Å². The highest BCUT2D eigenvalue weighted by atomic mass is 16.3. The number of fused-ring (bicyclic) bond motifs is 1. The van der Waals surface area contributed by atoms with Crippen molar-refractivity contribution in [1.29, 1.82) is 0 Å². The van der Waals surface area contributed by atoms with Gasteiger partial charge in [-0.15, -0.1) is 0 Å². The van der Waals surface area contributed by atoms with Gasteiger partial charge in [-0.1, -0.05) is 38.1 Å². The molecule has 1 N–H and O–H groups in total. The van der Waals surface area contributed by atoms with E-state index in [1.807, 2.05) is 18.5 Å². The molecule has 0 saturated heterocycles. The molecule has 3 rings (SSSR count). The van der Waals surface area contributed by atoms with Gasteiger partial charge in [-0.05, 0) is 24.1 Å². The van der Waals surface area contributed by atoms with Crippen LogP contribution in [0, 0.1) is 0 Å². The summed E-state index contributed by atoms with van der Waals surface area (Å²) in [5.74, 6) is 1.97. The van der Waals surface area contributed by atoms with Gasteiger partial charge in [-0.2, -0.15) is 0 Å². The Kier molecular flexibility index (Phi) is 4.02. The van der Waals surface area contributed by atoms with E-state index in [1.165, 1.54) is 5.39 Å². The van der Waals surface area contributed by atoms with Gasteiger partial charge in [0, 0.05) is 29.8 Å². The van der Waals surface area contributed by atoms with Gasteiger partial charge in [0.15, 0.2) is 0 Å². The van der Waals surface area contributed by atoms with E-state index in [1.54, 1.807) is 0 Å². The number of hydrogen-bond acceptors (Lipinski definition) is 3. The zero-order valence-corrected chi connectivity index (χ0v) is 12.5. The van der Waals surface area contributed by atoms with Crippen LogP contribution in [0.2, 0.25) is 0 Å². The fourth-order valence-electron chi connectivity index (χ4n) is 2.68. The molecule has 3 heteroatoms. The minimum atomic E-state index is 0.0360. The monoisotopic (exact) mass is 280 g/mol. The van der Waals surface area contributed by atoms with Crippen LogP contribution >= 0.6 is 0 Å². The van der Waals surface area contributed by atoms with Crippen molar-refractivity contribution in [1.82, 2.24) is 10.3 Å². The highest BCUT2D eigenvalue weighted by Crippen LogP contribution is 2.29. The minimum absolute atomic E-state index is 0.0360. The predicted octanol–water partition coefficient (Wildman–Crippen LogP) is 4.09. The van der Waals surface area contributed by atoms with Gasteiger partial charge in [0.1, 0.15) is 11.5 Å². The molecule has 108 valence electrons. The molecule has 0 spiro atoms. The molecule has 0 fully saturated rings. The number of aryl methyl sites for hydroxylation is 1. The van der Waals surface area contributed by atoms with Crippen molar-refractivity contribution in [2.75, 3.05) is 6.54 Å². The summed E-state index contributed by atoms with van der Waals surface area (Å²) >= 11 is 0. The van der Waals surface area contributed by atoms with Gasteiger partial charge < -0.3 is 9.73 Å². The maximum atomic E-state index is 5.96. The van der Waals surface area contributed by atoms with E-state index in [0.29, 0.717) is 0 Å². The third-order valence-electron chi connectivity index (χ3n) is 3.73. The molecule has 1 atom stereocenters. The second-order valence-electron chi connectivity index (χ2n) is 5.10. The summed E-state index contributed by atoms with van der Waals surface area (Å²) < 4.78 is 5.96. The first-order valence-corrected chi connectivity index (χ1v) is 7.48. The van der Waals surface area contributed by atoms with Crippen LogP contribution in [-0.4, -0.2) is 11.5 Å². The lowest BCUT2D eigenvalue weighted by atomic mass is 10.00. The lowest BCUT2D eigenvalue weighted by Gasteiger charge is -2.17. The Hall–Kier alpha value is -2.13. The highest BCUT2D eigenvalue weighted by Gasteiger charge is 2.19. The molecule has 0 bridgehead atoms. The Labute approximate surface area is 125 Å². The maximum Gasteiger partial charge on any atom is 0.125 e. The molecule has 0 aliphatic rings. The van der Waals surface area contributed by atoms with Gasteiger partial charge in [0.05, 0.1) is 6.04 Å². The Balaban J connectivity index is 2.11. The number of hydrogen-bond donors (Lipinski definition) is 1. The topological polar surface area (TPSA) is 38.1 Å². The molecule has 0 aliphatic carbocycles. The standard InChI is InChI=1S/C18H20N2O/c1-3-14-9-10-17(21-14)18(20-4-2)16-12-19-11-13-7-5-6-8-15(13)16/h5-12,18,20H,3-4H2,1-2H3. The summed E-state index contributed by atoms with van der Waals surface area (Å²) in [5, 5.41) is 5.88. The first-order valence-electron chi connectivity index (χ1n) is 7.48. The van der Waals surface area contributed by atoms with Gasteiger partial charge in [-0.25, -0.2) is 0 Å². The SMILES string of the molecule is CCNC(c1ccc(CC)o1)c1cncc2ccccc12. The van der Waals surface area contributed by atoms with Gasteiger partial charge >= 0.3 is 0 Å². The molecular weight excluding hydrogens is 260 g/mol. The van der Waals surface area contributed by atoms with Crippen molar-refractivity contribution >= 4 is 10.8 Å². The number of nitrogens with zero attached hydrogens (tertiary/aromatic N) is 1. The average Bonchev–Trinajstić information content (AvgIpc) is 3.01. The number of aromatic nitrogens is 1. The summed E-state index contributed by atoms with van der Waals surface area (Å²) in [6.07, 6.45) is 4.75. The lowest BCUT2D eigenvalue weighted by molar-refractivity contribution is 0.426. The van der Waals surface area contributed by atoms with Crippen LogP contribution in [0.5, 0.6) is 0 Å². The Bertz CT molecular complexity index is 727. The number of benzene rings is 1. The van der Waals surface area contributed by atoms with E-state index in [-0.39, 0.29) is 6.04 Å². The summed E-state index contributed by atoms with van der Waals surface area (Å²) in [6, 6.07) is 12.5. The Morgan fingerprint density at radius 3 is 2.71 bits per heavy atom. The first kappa shape index (κ1) is 13.8. The largest absolute Gasteiger partial charge is 0.464 e. The number of pyridine rings is 1. The lowest BCUT2D eigenvalue weighted by Crippen LogP contribution is -2.22. The van der Waals surface area contributed by atoms with Crippen molar-refractivity contribution in [3.63, 3.8) is 0 Å². The van der Waals surface area contributed by atoms with Crippen molar-refractivity contribution in [3.8, 4) is 0 Å². The average molecular weight is 280 g/mol. The molecule has 3 nitrogen and oxygen atoms in total. The van der Waals surface area contributed by atoms with Crippen LogP contribution in [-0.2, 0) is 6.42 Å². The molecule has 1 unspecified atom stereocenters. The van der Waals surface area contributed by atoms with Crippen molar-refractivity contribution < 1.29 is 4.42 Å². The fraction of sp³-hybridized carbons (Fsp3) is 0.278. The minimum Gasteiger partial charge on any atom is -0.464 e. The van der Waals surface area contributed by atoms with E-state index in [9.17, 15) is 0 Å². The van der Waals surface area contributed by atoms with Crippen molar-refractivity contribution in [3.05, 3.63) is 65.9 Å². The molecule has 0 aliphatic heterocycles. The smallest absolute Gasteiger partial charge is 0.125 e. The fourth-order valence-corrected chi connectivity index (χ4v) is 2.68. The highest BCUT2D eigenvalue weighted by molar-refractivity contribution is 5.85. The summed E-state index contributed by atoms with van der Waals surface area (Å²) in [4.78, 5) is 4.39. The zero-order chi connectivity index (χ0) is 14.7. The molecule has 2 heterocycles. The van der Waals surface area contributed by atoms with E-state index >= 15 is 0 Å². The molecule has 1 aromatic carbocycles. The van der Waals surface area contributed by atoms with Crippen LogP contribution < -0.4 is 5.32 Å². The quantitative estimate of drug-likeness (QED) is 0.765. The maximum absolute atomic E-state index is 5.96. The van der Waals surface area contributed by atoms with E-state index in [0.717, 1.165) is 35.4 Å². The van der Waals surface area contributed by atoms with Crippen LogP contribution in [0.15, 0.2) is 53.2 Å². The number of furan rings is 1. The Morgan fingerprint density at radius 1 is 1.10 bits per heavy atom. The van der Waals surface area contributed by atoms with Crippen LogP contribution in [0.1, 0.15) is 37.0 Å². The molecule has 2 aromatic heterocycles. The second-order valence-corrected chi connectivity index (χ2v) is 5.10. The van der Waals surface area contributed by atoms with Gasteiger partial charge in [-0.3, -0.25) is 4.98 Å². The van der Waals surface area contributed by atoms with E-state index in [2.05, 4.69) is 54.5 Å². The van der Waals surface area contributed by atoms with Gasteiger partial charge in [0.2, 0.25) is 0 Å². The third-order valence-corrected chi connectivity index (χ3v) is 3.73. The number of rotatable bonds is 5. The van der Waals surface area contributed by atoms with Crippen molar-refractivity contribution in [2.24, 2.45) is 0 Å². The summed E-state index contributed by atoms with van der Waals surface area (Å²) in [5.41, 5.74) is 1.16. The van der Waals surface area contributed by atoms with Gasteiger partial charge in [0.25, 0.3) is 0 Å². The normalized spacial score (nSPS) is 12.7.